The number of nitrogens with one attached hydrogen (secondary N) is 7. The molecule has 0 unspecified atom stereocenters. The number of primary amides is 1. The van der Waals surface area contributed by atoms with E-state index in [1.54, 1.807) is 12.1 Å². The number of amides is 6. The fraction of sp³-hybridized carbons (Fsp3) is 0.474. The summed E-state index contributed by atoms with van der Waals surface area (Å²) in [5, 5.41) is 24.4. The first kappa shape index (κ1) is 42.8. The minimum absolute atomic E-state index is 0.0304. The molecule has 2 aromatic carbocycles. The molecule has 0 saturated heterocycles. The van der Waals surface area contributed by atoms with E-state index in [9.17, 15) is 33.6 Å². The van der Waals surface area contributed by atoms with Crippen molar-refractivity contribution in [1.82, 2.24) is 42.1 Å². The Balaban J connectivity index is 1.42. The number of nitrogens with zero attached hydrogens (tertiary/aromatic N) is 1. The average molecular weight is 748 g/mol. The van der Waals surface area contributed by atoms with Crippen molar-refractivity contribution in [3.05, 3.63) is 54.1 Å². The summed E-state index contributed by atoms with van der Waals surface area (Å²) in [6.07, 6.45) is 0.514. The van der Waals surface area contributed by atoms with E-state index in [1.807, 2.05) is 64.1 Å². The molecule has 54 heavy (non-hydrogen) atoms. The van der Waals surface area contributed by atoms with Gasteiger partial charge in [0.05, 0.1) is 30.7 Å². The van der Waals surface area contributed by atoms with Crippen LogP contribution in [0.25, 0.3) is 22.2 Å². The average Bonchev–Trinajstić information content (AvgIpc) is 3.54. The molecule has 16 nitrogen and oxygen atoms in total. The highest BCUT2D eigenvalue weighted by Gasteiger charge is 2.31. The van der Waals surface area contributed by atoms with E-state index in [-0.39, 0.29) is 49.5 Å². The number of rotatable bonds is 22. The van der Waals surface area contributed by atoms with Crippen molar-refractivity contribution in [3.63, 3.8) is 0 Å². The largest absolute Gasteiger partial charge is 0.370 e. The molecule has 0 aliphatic carbocycles. The summed E-state index contributed by atoms with van der Waals surface area (Å²) in [6.45, 7) is 9.15. The molecule has 0 saturated carbocycles. The van der Waals surface area contributed by atoms with E-state index in [0.29, 0.717) is 25.1 Å². The van der Waals surface area contributed by atoms with Crippen LogP contribution in [0.2, 0.25) is 0 Å². The fourth-order valence-corrected chi connectivity index (χ4v) is 5.69. The molecule has 3 aromatic rings. The van der Waals surface area contributed by atoms with Crippen LogP contribution in [0.4, 0.5) is 0 Å². The van der Waals surface area contributed by atoms with Gasteiger partial charge in [-0.2, -0.15) is 5.10 Å². The predicted octanol–water partition coefficient (Wildman–Crippen LogP) is 1.07. The molecule has 1 heterocycles. The minimum atomic E-state index is -1.40. The van der Waals surface area contributed by atoms with Gasteiger partial charge in [-0.05, 0) is 55.8 Å². The topological polar surface area (TPSA) is 246 Å². The number of Topliss-reactive ketones (excluding diaryl/α,β-unsaturated/α-hetero) is 1. The lowest BCUT2D eigenvalue weighted by Gasteiger charge is -2.26. The maximum absolute atomic E-state index is 13.3. The SMILES string of the molecule is CC(=O)N[C@@H](CC(C)C)C(=O)N[C@@H](CC(N)=O)C(=O)N[C@@H](CC(C)C)C(=O)NCC(=O)CNCCCNC(=O)c1ccc(-c2n[nH]c3ccccc23)cc1. The van der Waals surface area contributed by atoms with Crippen LogP contribution in [0.3, 0.4) is 0 Å². The van der Waals surface area contributed by atoms with Crippen LogP contribution in [-0.4, -0.2) is 95.7 Å². The van der Waals surface area contributed by atoms with Crippen molar-refractivity contribution in [2.45, 2.75) is 78.4 Å². The van der Waals surface area contributed by atoms with E-state index in [4.69, 9.17) is 5.73 Å². The number of benzene rings is 2. The third-order valence-electron chi connectivity index (χ3n) is 8.27. The van der Waals surface area contributed by atoms with Gasteiger partial charge in [0.2, 0.25) is 29.5 Å². The molecule has 292 valence electrons. The number of fused-ring (bicyclic) bond motifs is 1. The van der Waals surface area contributed by atoms with E-state index < -0.39 is 54.1 Å². The van der Waals surface area contributed by atoms with Crippen LogP contribution in [0.15, 0.2) is 48.5 Å². The molecule has 0 fully saturated rings. The van der Waals surface area contributed by atoms with Crippen molar-refractivity contribution < 1.29 is 33.6 Å². The lowest BCUT2D eigenvalue weighted by atomic mass is 10.0. The van der Waals surface area contributed by atoms with Crippen molar-refractivity contribution in [2.24, 2.45) is 17.6 Å². The zero-order valence-electron chi connectivity index (χ0n) is 31.5. The van der Waals surface area contributed by atoms with Crippen LogP contribution in [0.1, 0.15) is 70.7 Å². The highest BCUT2D eigenvalue weighted by atomic mass is 16.2. The van der Waals surface area contributed by atoms with Crippen LogP contribution >= 0.6 is 0 Å². The summed E-state index contributed by atoms with van der Waals surface area (Å²) in [5.74, 6) is -3.92. The Morgan fingerprint density at radius 2 is 1.33 bits per heavy atom. The van der Waals surface area contributed by atoms with E-state index in [1.165, 1.54) is 6.92 Å². The second kappa shape index (κ2) is 21.2. The third kappa shape index (κ3) is 14.1. The maximum Gasteiger partial charge on any atom is 0.251 e. The molecule has 3 atom stereocenters. The van der Waals surface area contributed by atoms with Gasteiger partial charge in [0.25, 0.3) is 5.91 Å². The quantitative estimate of drug-likeness (QED) is 0.0684. The number of aromatic amines is 1. The van der Waals surface area contributed by atoms with Crippen LogP contribution in [-0.2, 0) is 28.8 Å². The number of para-hydroxylation sites is 1. The molecule has 0 bridgehead atoms. The molecule has 3 rings (SSSR count). The first-order valence-corrected chi connectivity index (χ1v) is 18.1. The summed E-state index contributed by atoms with van der Waals surface area (Å²) in [4.78, 5) is 87.9. The van der Waals surface area contributed by atoms with Gasteiger partial charge in [-0.1, -0.05) is 58.0 Å². The van der Waals surface area contributed by atoms with Gasteiger partial charge >= 0.3 is 0 Å². The lowest BCUT2D eigenvalue weighted by Crippen LogP contribution is -2.58. The first-order chi connectivity index (χ1) is 25.6. The van der Waals surface area contributed by atoms with Crippen molar-refractivity contribution in [3.8, 4) is 11.3 Å². The van der Waals surface area contributed by atoms with Gasteiger partial charge in [-0.15, -0.1) is 0 Å². The Labute approximate surface area is 314 Å². The molecular weight excluding hydrogens is 694 g/mol. The van der Waals surface area contributed by atoms with Crippen LogP contribution in [0, 0.1) is 11.8 Å². The summed E-state index contributed by atoms with van der Waals surface area (Å²) >= 11 is 0. The number of H-pyrrole nitrogens is 1. The number of ketones is 1. The fourth-order valence-electron chi connectivity index (χ4n) is 5.69. The monoisotopic (exact) mass is 747 g/mol. The van der Waals surface area contributed by atoms with Gasteiger partial charge in [-0.25, -0.2) is 0 Å². The van der Waals surface area contributed by atoms with Gasteiger partial charge in [0.15, 0.2) is 5.78 Å². The van der Waals surface area contributed by atoms with Gasteiger partial charge < -0.3 is 37.6 Å². The number of hydrogen-bond acceptors (Lipinski definition) is 9. The first-order valence-electron chi connectivity index (χ1n) is 18.1. The smallest absolute Gasteiger partial charge is 0.251 e. The summed E-state index contributed by atoms with van der Waals surface area (Å²) < 4.78 is 0. The van der Waals surface area contributed by atoms with E-state index >= 15 is 0 Å². The molecule has 0 spiro atoms. The molecule has 9 N–H and O–H groups in total. The van der Waals surface area contributed by atoms with E-state index in [0.717, 1.165) is 22.2 Å². The van der Waals surface area contributed by atoms with Gasteiger partial charge in [-0.3, -0.25) is 38.7 Å². The molecule has 6 amide bonds. The Bertz CT molecular complexity index is 1770. The van der Waals surface area contributed by atoms with Crippen molar-refractivity contribution >= 4 is 52.1 Å². The van der Waals surface area contributed by atoms with Crippen molar-refractivity contribution in [1.29, 1.82) is 0 Å². The predicted molar refractivity (Wildman–Crippen MR) is 204 cm³/mol. The summed E-state index contributed by atoms with van der Waals surface area (Å²) in [6, 6.07) is 11.6. The lowest BCUT2D eigenvalue weighted by molar-refractivity contribution is -0.135. The number of aromatic nitrogens is 2. The molecular formula is C38H53N9O7. The Hall–Kier alpha value is -5.64. The number of carbonyl (C=O) groups excluding carboxylic acids is 7. The van der Waals surface area contributed by atoms with Crippen molar-refractivity contribution in [2.75, 3.05) is 26.2 Å². The number of nitrogens with two attached hydrogens (primary N) is 1. The highest BCUT2D eigenvalue weighted by molar-refractivity contribution is 5.98. The molecule has 16 heteroatoms. The zero-order valence-corrected chi connectivity index (χ0v) is 31.5. The normalized spacial score (nSPS) is 12.8. The molecule has 1 aromatic heterocycles. The Morgan fingerprint density at radius 3 is 1.96 bits per heavy atom. The minimum Gasteiger partial charge on any atom is -0.370 e. The Kier molecular flexibility index (Phi) is 16.8. The molecule has 0 aliphatic heterocycles. The second-order valence-corrected chi connectivity index (χ2v) is 14.0. The van der Waals surface area contributed by atoms with E-state index in [2.05, 4.69) is 42.1 Å². The molecule has 0 aliphatic rings. The maximum atomic E-state index is 13.3. The molecule has 0 radical (unpaired) electrons. The Morgan fingerprint density at radius 1 is 0.722 bits per heavy atom. The number of carbonyl (C=O) groups is 7. The standard InChI is InChI=1S/C38H53N9O7/c1-22(2)17-30(44-38(54)32(19-33(39)50)45-37(53)31(18-23(3)4)43-24(5)48)36(52)42-21-27(49)20-40-15-8-16-41-35(51)26-13-11-25(12-14-26)34-28-9-6-7-10-29(28)46-47-34/h6-7,9-14,22-23,30-32,40H,8,15-21H2,1-5H3,(H2,39,50)(H,41,51)(H,42,52)(H,43,48)(H,44,54)(H,45,53)(H,46,47)/t30-,31-,32-/m0/s1. The van der Waals surface area contributed by atoms with Gasteiger partial charge in [0, 0.05) is 30.0 Å². The second-order valence-electron chi connectivity index (χ2n) is 14.0. The van der Waals surface area contributed by atoms with Crippen LogP contribution in [0.5, 0.6) is 0 Å². The summed E-state index contributed by atoms with van der Waals surface area (Å²) in [7, 11) is 0. The highest BCUT2D eigenvalue weighted by Crippen LogP contribution is 2.26. The summed E-state index contributed by atoms with van der Waals surface area (Å²) in [5.41, 5.74) is 8.49. The zero-order chi connectivity index (χ0) is 39.8. The third-order valence-corrected chi connectivity index (χ3v) is 8.27. The number of hydrogen-bond donors (Lipinski definition) is 8. The van der Waals surface area contributed by atoms with Crippen LogP contribution < -0.4 is 37.6 Å². The van der Waals surface area contributed by atoms with Gasteiger partial charge in [0.1, 0.15) is 18.1 Å².